The van der Waals surface area contributed by atoms with Crippen LogP contribution in [0.2, 0.25) is 5.15 Å². The Balaban J connectivity index is 2.46. The van der Waals surface area contributed by atoms with Crippen LogP contribution in [0, 0.1) is 0 Å². The minimum atomic E-state index is -0.921. The Kier molecular flexibility index (Phi) is 2.95. The zero-order valence-corrected chi connectivity index (χ0v) is 11.5. The van der Waals surface area contributed by atoms with E-state index in [2.05, 4.69) is 20.4 Å². The molecule has 6 nitrogen and oxygen atoms in total. The lowest BCUT2D eigenvalue weighted by atomic mass is 9.86. The number of hydrogen-bond donors (Lipinski definition) is 2. The maximum atomic E-state index is 10.1. The number of nitrogens with zero attached hydrogens (tertiary/aromatic N) is 4. The van der Waals surface area contributed by atoms with Gasteiger partial charge in [-0.05, 0) is 27.7 Å². The third-order valence-electron chi connectivity index (χ3n) is 3.19. The molecule has 0 aliphatic rings. The topological polar surface area (TPSA) is 75.3 Å². The van der Waals surface area contributed by atoms with Gasteiger partial charge < -0.3 is 10.4 Å². The summed E-state index contributed by atoms with van der Waals surface area (Å²) in [6.07, 6.45) is 1.40. The summed E-state index contributed by atoms with van der Waals surface area (Å²) in [7, 11) is 0. The molecule has 2 aromatic rings. The summed E-state index contributed by atoms with van der Waals surface area (Å²) >= 11 is 5.93. The van der Waals surface area contributed by atoms with Gasteiger partial charge in [-0.15, -0.1) is 0 Å². The quantitative estimate of drug-likeness (QED) is 0.830. The van der Waals surface area contributed by atoms with Crippen molar-refractivity contribution in [2.45, 2.75) is 38.8 Å². The van der Waals surface area contributed by atoms with Gasteiger partial charge in [-0.2, -0.15) is 19.6 Å². The molecule has 18 heavy (non-hydrogen) atoms. The van der Waals surface area contributed by atoms with E-state index in [-0.39, 0.29) is 0 Å². The standard InChI is InChI=1S/C11H16ClN5O/c1-10(2,11(3,4)18)16-8-5-7(12)15-9-13-6-14-17(8)9/h5-6,16,18H,1-4H3. The third-order valence-corrected chi connectivity index (χ3v) is 3.38. The Bertz CT molecular complexity index is 572. The Morgan fingerprint density at radius 1 is 1.33 bits per heavy atom. The molecule has 7 heteroatoms. The first-order valence-electron chi connectivity index (χ1n) is 5.57. The summed E-state index contributed by atoms with van der Waals surface area (Å²) in [5, 5.41) is 17.7. The molecule has 0 saturated carbocycles. The molecular weight excluding hydrogens is 254 g/mol. The second-order valence-electron chi connectivity index (χ2n) is 5.24. The predicted octanol–water partition coefficient (Wildman–Crippen LogP) is 1.74. The highest BCUT2D eigenvalue weighted by Crippen LogP contribution is 2.26. The molecule has 0 aliphatic carbocycles. The predicted molar refractivity (Wildman–Crippen MR) is 69.8 cm³/mol. The third kappa shape index (κ3) is 2.26. The number of fused-ring (bicyclic) bond motifs is 1. The van der Waals surface area contributed by atoms with Crippen LogP contribution in [0.5, 0.6) is 0 Å². The molecule has 0 aliphatic heterocycles. The van der Waals surface area contributed by atoms with Gasteiger partial charge >= 0.3 is 0 Å². The van der Waals surface area contributed by atoms with Gasteiger partial charge in [0.2, 0.25) is 0 Å². The molecule has 0 aromatic carbocycles. The van der Waals surface area contributed by atoms with Crippen LogP contribution in [-0.2, 0) is 0 Å². The van der Waals surface area contributed by atoms with Gasteiger partial charge in [-0.3, -0.25) is 0 Å². The number of rotatable bonds is 3. The van der Waals surface area contributed by atoms with E-state index < -0.39 is 11.1 Å². The summed E-state index contributed by atoms with van der Waals surface area (Å²) in [4.78, 5) is 8.03. The highest BCUT2D eigenvalue weighted by atomic mass is 35.5. The van der Waals surface area contributed by atoms with Crippen LogP contribution in [0.4, 0.5) is 5.82 Å². The molecule has 0 fully saturated rings. The van der Waals surface area contributed by atoms with Gasteiger partial charge in [0.25, 0.3) is 5.78 Å². The first-order valence-corrected chi connectivity index (χ1v) is 5.95. The lowest BCUT2D eigenvalue weighted by molar-refractivity contribution is 0.0238. The molecule has 0 amide bonds. The van der Waals surface area contributed by atoms with Gasteiger partial charge in [-0.25, -0.2) is 0 Å². The van der Waals surface area contributed by atoms with E-state index in [1.165, 1.54) is 6.33 Å². The van der Waals surface area contributed by atoms with E-state index in [1.54, 1.807) is 24.4 Å². The number of anilines is 1. The van der Waals surface area contributed by atoms with Crippen molar-refractivity contribution in [3.8, 4) is 0 Å². The SMILES string of the molecule is CC(C)(O)C(C)(C)Nc1cc(Cl)nc2ncnn12. The van der Waals surface area contributed by atoms with Crippen LogP contribution >= 0.6 is 11.6 Å². The van der Waals surface area contributed by atoms with Crippen LogP contribution in [0.3, 0.4) is 0 Å². The molecule has 0 saturated heterocycles. The highest BCUT2D eigenvalue weighted by molar-refractivity contribution is 6.29. The molecule has 0 bridgehead atoms. The Morgan fingerprint density at radius 3 is 2.61 bits per heavy atom. The summed E-state index contributed by atoms with van der Waals surface area (Å²) in [5.74, 6) is 1.05. The van der Waals surface area contributed by atoms with Crippen molar-refractivity contribution in [3.05, 3.63) is 17.5 Å². The largest absolute Gasteiger partial charge is 0.388 e. The number of hydrogen-bond acceptors (Lipinski definition) is 5. The van der Waals surface area contributed by atoms with Crippen LogP contribution in [0.15, 0.2) is 12.4 Å². The van der Waals surface area contributed by atoms with E-state index in [4.69, 9.17) is 11.6 Å². The van der Waals surface area contributed by atoms with E-state index in [9.17, 15) is 5.11 Å². The Hall–Kier alpha value is -1.40. The van der Waals surface area contributed by atoms with Crippen molar-refractivity contribution in [2.24, 2.45) is 0 Å². The van der Waals surface area contributed by atoms with Crippen molar-refractivity contribution >= 4 is 23.2 Å². The lowest BCUT2D eigenvalue weighted by Crippen LogP contribution is -2.51. The monoisotopic (exact) mass is 269 g/mol. The fourth-order valence-electron chi connectivity index (χ4n) is 1.35. The second kappa shape index (κ2) is 4.07. The van der Waals surface area contributed by atoms with Gasteiger partial charge in [0.05, 0.1) is 11.1 Å². The Morgan fingerprint density at radius 2 is 2.00 bits per heavy atom. The fourth-order valence-corrected chi connectivity index (χ4v) is 1.52. The molecule has 0 atom stereocenters. The molecule has 2 rings (SSSR count). The number of halogens is 1. The molecule has 2 N–H and O–H groups in total. The molecule has 2 aromatic heterocycles. The maximum absolute atomic E-state index is 10.1. The lowest BCUT2D eigenvalue weighted by Gasteiger charge is -2.38. The molecule has 0 spiro atoms. The summed E-state index contributed by atoms with van der Waals surface area (Å²) in [6, 6.07) is 1.65. The van der Waals surface area contributed by atoms with Crippen LogP contribution in [0.25, 0.3) is 5.78 Å². The summed E-state index contributed by atoms with van der Waals surface area (Å²) < 4.78 is 1.54. The first kappa shape index (κ1) is 13.0. The minimum absolute atomic E-state index is 0.324. The van der Waals surface area contributed by atoms with Crippen molar-refractivity contribution in [3.63, 3.8) is 0 Å². The number of aliphatic hydroxyl groups is 1. The van der Waals surface area contributed by atoms with Crippen LogP contribution in [-0.4, -0.2) is 35.8 Å². The van der Waals surface area contributed by atoms with Gasteiger partial charge in [0.1, 0.15) is 17.3 Å². The molecule has 2 heterocycles. The first-order chi connectivity index (χ1) is 8.21. The molecule has 98 valence electrons. The average Bonchev–Trinajstić information content (AvgIpc) is 2.62. The maximum Gasteiger partial charge on any atom is 0.255 e. The van der Waals surface area contributed by atoms with E-state index in [0.717, 1.165) is 0 Å². The normalized spacial score (nSPS) is 13.0. The Labute approximate surface area is 110 Å². The van der Waals surface area contributed by atoms with E-state index >= 15 is 0 Å². The zero-order chi connectivity index (χ0) is 13.6. The molecular formula is C11H16ClN5O. The van der Waals surface area contributed by atoms with Gasteiger partial charge in [-0.1, -0.05) is 11.6 Å². The highest BCUT2D eigenvalue weighted by Gasteiger charge is 2.35. The van der Waals surface area contributed by atoms with Gasteiger partial charge in [0, 0.05) is 6.07 Å². The summed E-state index contributed by atoms with van der Waals surface area (Å²) in [5.41, 5.74) is -1.49. The van der Waals surface area contributed by atoms with Crippen molar-refractivity contribution in [2.75, 3.05) is 5.32 Å². The van der Waals surface area contributed by atoms with Gasteiger partial charge in [0.15, 0.2) is 0 Å². The number of nitrogens with one attached hydrogen (secondary N) is 1. The summed E-state index contributed by atoms with van der Waals surface area (Å²) in [6.45, 7) is 7.26. The number of aromatic nitrogens is 4. The molecule has 0 unspecified atom stereocenters. The van der Waals surface area contributed by atoms with Crippen molar-refractivity contribution in [1.82, 2.24) is 19.6 Å². The van der Waals surface area contributed by atoms with Crippen LogP contribution < -0.4 is 5.32 Å². The zero-order valence-electron chi connectivity index (χ0n) is 10.8. The van der Waals surface area contributed by atoms with Crippen LogP contribution in [0.1, 0.15) is 27.7 Å². The second-order valence-corrected chi connectivity index (χ2v) is 5.63. The molecule has 0 radical (unpaired) electrons. The van der Waals surface area contributed by atoms with E-state index in [0.29, 0.717) is 16.7 Å². The minimum Gasteiger partial charge on any atom is -0.388 e. The smallest absolute Gasteiger partial charge is 0.255 e. The van der Waals surface area contributed by atoms with Crippen molar-refractivity contribution < 1.29 is 5.11 Å². The van der Waals surface area contributed by atoms with E-state index in [1.807, 2.05) is 13.8 Å². The van der Waals surface area contributed by atoms with Crippen molar-refractivity contribution in [1.29, 1.82) is 0 Å². The average molecular weight is 270 g/mol. The fraction of sp³-hybridized carbons (Fsp3) is 0.545.